The number of thioether (sulfide) groups is 1. The molecule has 0 aliphatic heterocycles. The lowest BCUT2D eigenvalue weighted by molar-refractivity contribution is -0.121. The van der Waals surface area contributed by atoms with Crippen molar-refractivity contribution < 1.29 is 9.59 Å². The molecule has 1 aliphatic rings. The molecule has 8 heteroatoms. The summed E-state index contributed by atoms with van der Waals surface area (Å²) in [6.45, 7) is 0. The van der Waals surface area contributed by atoms with E-state index in [4.69, 9.17) is 0 Å². The van der Waals surface area contributed by atoms with Gasteiger partial charge in [0.1, 0.15) is 0 Å². The highest BCUT2D eigenvalue weighted by atomic mass is 32.2. The number of anilines is 1. The monoisotopic (exact) mass is 429 g/mol. The van der Waals surface area contributed by atoms with Gasteiger partial charge < -0.3 is 0 Å². The largest absolute Gasteiger partial charge is 0.300 e. The summed E-state index contributed by atoms with van der Waals surface area (Å²) in [6.07, 6.45) is 3.85. The molecule has 2 aromatic heterocycles. The molecule has 0 atom stereocenters. The minimum absolute atomic E-state index is 0.000474. The first-order valence-corrected chi connectivity index (χ1v) is 11.8. The van der Waals surface area contributed by atoms with Gasteiger partial charge in [-0.1, -0.05) is 72.3 Å². The third-order valence-corrected chi connectivity index (χ3v) is 7.98. The lowest BCUT2D eigenvalue weighted by Gasteiger charge is -2.25. The number of hydrogen-bond acceptors (Lipinski definition) is 7. The van der Waals surface area contributed by atoms with Crippen molar-refractivity contribution in [3.63, 3.8) is 0 Å². The molecule has 0 radical (unpaired) electrons. The first kappa shape index (κ1) is 19.3. The molecule has 1 aromatic carbocycles. The quantitative estimate of drug-likeness (QED) is 0.324. The Morgan fingerprint density at radius 2 is 1.86 bits per heavy atom. The fourth-order valence-electron chi connectivity index (χ4n) is 3.48. The number of thiophene rings is 1. The third-order valence-electron chi connectivity index (χ3n) is 4.93. The second-order valence-corrected chi connectivity index (χ2v) is 9.82. The second-order valence-electron chi connectivity index (χ2n) is 6.67. The summed E-state index contributed by atoms with van der Waals surface area (Å²) < 4.78 is 0.677. The highest BCUT2D eigenvalue weighted by Gasteiger charge is 2.43. The molecule has 0 spiro atoms. The fraction of sp³-hybridized carbons (Fsp3) is 0.300. The van der Waals surface area contributed by atoms with Gasteiger partial charge >= 0.3 is 0 Å². The van der Waals surface area contributed by atoms with Crippen LogP contribution >= 0.6 is 34.4 Å². The number of carbonyl (C=O) groups excluding carboxylic acids is 2. The maximum Gasteiger partial charge on any atom is 0.237 e. The molecular formula is C20H19N3O2S3. The van der Waals surface area contributed by atoms with Crippen molar-refractivity contribution in [2.24, 2.45) is 0 Å². The number of amides is 1. The van der Waals surface area contributed by atoms with Crippen LogP contribution in [0.1, 0.15) is 40.9 Å². The van der Waals surface area contributed by atoms with Gasteiger partial charge in [-0.15, -0.1) is 21.5 Å². The molecule has 0 unspecified atom stereocenters. The van der Waals surface area contributed by atoms with Crippen molar-refractivity contribution in [3.05, 3.63) is 58.3 Å². The Morgan fingerprint density at radius 3 is 2.57 bits per heavy atom. The van der Waals surface area contributed by atoms with E-state index in [2.05, 4.69) is 15.5 Å². The van der Waals surface area contributed by atoms with Gasteiger partial charge in [-0.2, -0.15) is 0 Å². The number of hydrogen-bond donors (Lipinski definition) is 1. The van der Waals surface area contributed by atoms with Crippen LogP contribution in [-0.4, -0.2) is 27.6 Å². The van der Waals surface area contributed by atoms with E-state index in [1.807, 2.05) is 35.7 Å². The molecule has 28 heavy (non-hydrogen) atoms. The molecule has 0 bridgehead atoms. The van der Waals surface area contributed by atoms with Crippen LogP contribution in [-0.2, 0) is 10.2 Å². The van der Waals surface area contributed by atoms with Crippen LogP contribution in [0.4, 0.5) is 5.13 Å². The van der Waals surface area contributed by atoms with E-state index in [-0.39, 0.29) is 11.7 Å². The van der Waals surface area contributed by atoms with Crippen molar-refractivity contribution in [3.8, 4) is 0 Å². The zero-order valence-electron chi connectivity index (χ0n) is 15.1. The maximum absolute atomic E-state index is 13.1. The van der Waals surface area contributed by atoms with Gasteiger partial charge in [0.15, 0.2) is 10.1 Å². The molecule has 1 N–H and O–H groups in total. The number of benzene rings is 1. The van der Waals surface area contributed by atoms with E-state index in [1.165, 1.54) is 23.1 Å². The molecular weight excluding hydrogens is 410 g/mol. The molecule has 4 rings (SSSR count). The van der Waals surface area contributed by atoms with Crippen molar-refractivity contribution in [1.29, 1.82) is 0 Å². The predicted molar refractivity (Wildman–Crippen MR) is 115 cm³/mol. The van der Waals surface area contributed by atoms with E-state index in [0.717, 1.165) is 30.6 Å². The molecule has 0 saturated heterocycles. The van der Waals surface area contributed by atoms with E-state index in [0.29, 0.717) is 20.8 Å². The van der Waals surface area contributed by atoms with E-state index in [9.17, 15) is 9.59 Å². The lowest BCUT2D eigenvalue weighted by Crippen LogP contribution is -2.37. The molecule has 1 aliphatic carbocycles. The second kappa shape index (κ2) is 8.55. The molecule has 2 heterocycles. The third kappa shape index (κ3) is 4.04. The lowest BCUT2D eigenvalue weighted by atomic mass is 9.83. The minimum Gasteiger partial charge on any atom is -0.300 e. The molecule has 1 amide bonds. The van der Waals surface area contributed by atoms with Crippen LogP contribution in [0.2, 0.25) is 0 Å². The van der Waals surface area contributed by atoms with E-state index < -0.39 is 5.41 Å². The highest BCUT2D eigenvalue weighted by molar-refractivity contribution is 8.01. The highest BCUT2D eigenvalue weighted by Crippen LogP contribution is 2.44. The first-order valence-electron chi connectivity index (χ1n) is 9.07. The Kier molecular flexibility index (Phi) is 5.89. The van der Waals surface area contributed by atoms with Crippen LogP contribution in [0.15, 0.2) is 52.2 Å². The minimum atomic E-state index is -0.448. The van der Waals surface area contributed by atoms with Crippen LogP contribution in [0.5, 0.6) is 0 Å². The summed E-state index contributed by atoms with van der Waals surface area (Å²) in [5, 5.41) is 13.7. The number of aromatic nitrogens is 2. The zero-order valence-corrected chi connectivity index (χ0v) is 17.5. The van der Waals surface area contributed by atoms with Gasteiger partial charge in [0.25, 0.3) is 0 Å². The normalized spacial score (nSPS) is 15.4. The van der Waals surface area contributed by atoms with Crippen molar-refractivity contribution >= 4 is 51.3 Å². The zero-order chi connectivity index (χ0) is 19.4. The molecule has 3 aromatic rings. The van der Waals surface area contributed by atoms with Crippen molar-refractivity contribution in [2.45, 2.75) is 35.4 Å². The van der Waals surface area contributed by atoms with Gasteiger partial charge in [0, 0.05) is 10.4 Å². The van der Waals surface area contributed by atoms with Crippen LogP contribution in [0, 0.1) is 0 Å². The summed E-state index contributed by atoms with van der Waals surface area (Å²) in [5.41, 5.74) is 0.239. The molecule has 144 valence electrons. The van der Waals surface area contributed by atoms with Crippen molar-refractivity contribution in [1.82, 2.24) is 10.2 Å². The summed E-state index contributed by atoms with van der Waals surface area (Å²) in [5.74, 6) is 0.348. The number of carbonyl (C=O) groups is 2. The van der Waals surface area contributed by atoms with Crippen LogP contribution in [0.25, 0.3) is 0 Å². The summed E-state index contributed by atoms with van der Waals surface area (Å²) in [7, 11) is 0. The smallest absolute Gasteiger partial charge is 0.237 e. The Labute approximate surface area is 175 Å². The summed E-state index contributed by atoms with van der Waals surface area (Å²) in [6, 6.07) is 13.2. The van der Waals surface area contributed by atoms with E-state index >= 15 is 0 Å². The maximum atomic E-state index is 13.1. The first-order chi connectivity index (χ1) is 13.7. The van der Waals surface area contributed by atoms with Gasteiger partial charge in [-0.25, -0.2) is 0 Å². The van der Waals surface area contributed by atoms with Gasteiger partial charge in [0.2, 0.25) is 11.0 Å². The Balaban J connectivity index is 1.39. The Bertz CT molecular complexity index is 948. The molecule has 5 nitrogen and oxygen atoms in total. The number of nitrogens with one attached hydrogen (secondary N) is 1. The topological polar surface area (TPSA) is 72.0 Å². The summed E-state index contributed by atoms with van der Waals surface area (Å²) >= 11 is 4.30. The predicted octanol–water partition coefficient (Wildman–Crippen LogP) is 5.03. The number of rotatable bonds is 7. The molecule has 1 saturated carbocycles. The standard InChI is InChI=1S/C20H19N3O2S3/c24-15(14-7-2-1-3-8-14)13-27-19-23-22-18(28-19)21-17(25)20(10-4-5-11-20)16-9-6-12-26-16/h1-3,6-9,12H,4-5,10-11,13H2,(H,21,22,25). The summed E-state index contributed by atoms with van der Waals surface area (Å²) in [4.78, 5) is 26.4. The number of Topliss-reactive ketones (excluding diaryl/α,β-unsaturated/α-hetero) is 1. The van der Waals surface area contributed by atoms with E-state index in [1.54, 1.807) is 23.5 Å². The Morgan fingerprint density at radius 1 is 1.07 bits per heavy atom. The SMILES string of the molecule is O=C(CSc1nnc(NC(=O)C2(c3cccs3)CCCC2)s1)c1ccccc1. The van der Waals surface area contributed by atoms with Gasteiger partial charge in [0.05, 0.1) is 11.2 Å². The fourth-order valence-corrected chi connectivity index (χ4v) is 6.11. The van der Waals surface area contributed by atoms with Gasteiger partial charge in [-0.05, 0) is 24.3 Å². The number of nitrogens with zero attached hydrogens (tertiary/aromatic N) is 2. The Hall–Kier alpha value is -2.03. The van der Waals surface area contributed by atoms with Crippen molar-refractivity contribution in [2.75, 3.05) is 11.1 Å². The average Bonchev–Trinajstić information content (AvgIpc) is 3.48. The van der Waals surface area contributed by atoms with Crippen LogP contribution in [0.3, 0.4) is 0 Å². The van der Waals surface area contributed by atoms with Gasteiger partial charge in [-0.3, -0.25) is 14.9 Å². The average molecular weight is 430 g/mol. The van der Waals surface area contributed by atoms with Crippen LogP contribution < -0.4 is 5.32 Å². The molecule has 1 fully saturated rings. The number of ketones is 1.